The lowest BCUT2D eigenvalue weighted by molar-refractivity contribution is -0.385. The minimum atomic E-state index is -0.477. The zero-order valence-corrected chi connectivity index (χ0v) is 11.9. The van der Waals surface area contributed by atoms with Crippen LogP contribution in [0.5, 0.6) is 11.5 Å². The molecular formula is C14H14N2O6. The van der Waals surface area contributed by atoms with E-state index in [9.17, 15) is 20.2 Å². The summed E-state index contributed by atoms with van der Waals surface area (Å²) in [6, 6.07) is 7.88. The summed E-state index contributed by atoms with van der Waals surface area (Å²) >= 11 is 0. The molecule has 22 heavy (non-hydrogen) atoms. The Morgan fingerprint density at radius 3 is 1.32 bits per heavy atom. The number of phenolic OH excluding ortho intramolecular Hbond substituents is 2. The van der Waals surface area contributed by atoms with Gasteiger partial charge in [0.2, 0.25) is 0 Å². The van der Waals surface area contributed by atoms with Crippen LogP contribution in [0.15, 0.2) is 36.4 Å². The van der Waals surface area contributed by atoms with E-state index in [1.54, 1.807) is 13.8 Å². The number of hydrogen-bond donors (Lipinski definition) is 2. The SMILES string of the molecule is Cc1cc(O)ccc1[N+](=O)[O-].Cc1cc(O)ccc1[N+](=O)[O-]. The molecule has 0 amide bonds. The van der Waals surface area contributed by atoms with Gasteiger partial charge in [-0.15, -0.1) is 0 Å². The molecule has 0 aliphatic rings. The number of nitro groups is 2. The molecule has 0 heterocycles. The second kappa shape index (κ2) is 7.02. The molecule has 8 nitrogen and oxygen atoms in total. The fourth-order valence-corrected chi connectivity index (χ4v) is 1.69. The number of hydrogen-bond acceptors (Lipinski definition) is 6. The summed E-state index contributed by atoms with van der Waals surface area (Å²) in [5.41, 5.74) is 0.996. The lowest BCUT2D eigenvalue weighted by Crippen LogP contribution is -1.90. The Kier molecular flexibility index (Phi) is 5.39. The molecule has 2 aromatic rings. The molecule has 0 unspecified atom stereocenters. The van der Waals surface area contributed by atoms with Gasteiger partial charge in [0.1, 0.15) is 11.5 Å². The van der Waals surface area contributed by atoms with E-state index in [1.165, 1.54) is 36.4 Å². The first-order chi connectivity index (χ1) is 10.2. The van der Waals surface area contributed by atoms with Crippen LogP contribution in [-0.4, -0.2) is 20.1 Å². The fourth-order valence-electron chi connectivity index (χ4n) is 1.69. The van der Waals surface area contributed by atoms with Crippen LogP contribution in [-0.2, 0) is 0 Å². The predicted octanol–water partition coefficient (Wildman–Crippen LogP) is 3.22. The molecule has 0 aromatic heterocycles. The molecule has 0 saturated heterocycles. The van der Waals surface area contributed by atoms with Crippen molar-refractivity contribution in [1.29, 1.82) is 0 Å². The molecule has 0 saturated carbocycles. The van der Waals surface area contributed by atoms with Crippen molar-refractivity contribution in [3.8, 4) is 11.5 Å². The van der Waals surface area contributed by atoms with E-state index in [-0.39, 0.29) is 22.9 Å². The maximum absolute atomic E-state index is 10.3. The lowest BCUT2D eigenvalue weighted by atomic mass is 10.2. The van der Waals surface area contributed by atoms with E-state index >= 15 is 0 Å². The summed E-state index contributed by atoms with van der Waals surface area (Å²) in [4.78, 5) is 19.6. The molecular weight excluding hydrogens is 292 g/mol. The number of aromatic hydroxyl groups is 2. The van der Waals surface area contributed by atoms with Crippen molar-refractivity contribution in [2.75, 3.05) is 0 Å². The highest BCUT2D eigenvalue weighted by atomic mass is 16.6. The minimum Gasteiger partial charge on any atom is -0.508 e. The highest BCUT2D eigenvalue weighted by molar-refractivity contribution is 5.44. The van der Waals surface area contributed by atoms with Gasteiger partial charge in [0.15, 0.2) is 0 Å². The quantitative estimate of drug-likeness (QED) is 0.647. The van der Waals surface area contributed by atoms with Crippen LogP contribution in [0.25, 0.3) is 0 Å². The third-order valence-electron chi connectivity index (χ3n) is 2.75. The molecule has 0 aliphatic heterocycles. The van der Waals surface area contributed by atoms with Crippen molar-refractivity contribution in [3.63, 3.8) is 0 Å². The van der Waals surface area contributed by atoms with Gasteiger partial charge < -0.3 is 10.2 Å². The fraction of sp³-hybridized carbons (Fsp3) is 0.143. The lowest BCUT2D eigenvalue weighted by Gasteiger charge is -1.95. The van der Waals surface area contributed by atoms with E-state index in [4.69, 9.17) is 10.2 Å². The molecule has 116 valence electrons. The van der Waals surface area contributed by atoms with Crippen LogP contribution >= 0.6 is 0 Å². The first-order valence-electron chi connectivity index (χ1n) is 6.10. The minimum absolute atomic E-state index is 0.0304. The second-order valence-corrected chi connectivity index (χ2v) is 4.46. The zero-order chi connectivity index (χ0) is 16.9. The molecule has 0 atom stereocenters. The third-order valence-corrected chi connectivity index (χ3v) is 2.75. The molecule has 0 aliphatic carbocycles. The van der Waals surface area contributed by atoms with Gasteiger partial charge in [-0.3, -0.25) is 20.2 Å². The monoisotopic (exact) mass is 306 g/mol. The first-order valence-corrected chi connectivity index (χ1v) is 6.10. The van der Waals surface area contributed by atoms with E-state index in [1.807, 2.05) is 0 Å². The van der Waals surface area contributed by atoms with Crippen molar-refractivity contribution < 1.29 is 20.1 Å². The molecule has 2 aromatic carbocycles. The molecule has 0 fully saturated rings. The van der Waals surface area contributed by atoms with Crippen LogP contribution in [0, 0.1) is 34.1 Å². The Labute approximate surface area is 125 Å². The largest absolute Gasteiger partial charge is 0.508 e. The van der Waals surface area contributed by atoms with Crippen LogP contribution in [0.1, 0.15) is 11.1 Å². The average molecular weight is 306 g/mol. The summed E-state index contributed by atoms with van der Waals surface area (Å²) in [5.74, 6) is 0.0983. The Bertz CT molecular complexity index is 653. The van der Waals surface area contributed by atoms with Crippen LogP contribution in [0.2, 0.25) is 0 Å². The molecule has 8 heteroatoms. The molecule has 0 spiro atoms. The zero-order valence-electron chi connectivity index (χ0n) is 11.9. The van der Waals surface area contributed by atoms with Crippen molar-refractivity contribution in [3.05, 3.63) is 67.8 Å². The van der Waals surface area contributed by atoms with E-state index in [0.29, 0.717) is 11.1 Å². The standard InChI is InChI=1S/2C7H7NO3/c2*1-5-4-6(9)2-3-7(5)8(10)11/h2*2-4,9H,1H3. The van der Waals surface area contributed by atoms with Crippen molar-refractivity contribution in [2.24, 2.45) is 0 Å². The Balaban J connectivity index is 0.000000220. The van der Waals surface area contributed by atoms with Gasteiger partial charge in [-0.2, -0.15) is 0 Å². The second-order valence-electron chi connectivity index (χ2n) is 4.46. The van der Waals surface area contributed by atoms with Gasteiger partial charge in [-0.1, -0.05) is 0 Å². The smallest absolute Gasteiger partial charge is 0.272 e. The highest BCUT2D eigenvalue weighted by Crippen LogP contribution is 2.22. The normalized spacial score (nSPS) is 9.55. The molecule has 2 rings (SSSR count). The molecule has 0 bridgehead atoms. The summed E-state index contributed by atoms with van der Waals surface area (Å²) in [6.45, 7) is 3.16. The van der Waals surface area contributed by atoms with Gasteiger partial charge >= 0.3 is 0 Å². The predicted molar refractivity (Wildman–Crippen MR) is 79.0 cm³/mol. The maximum Gasteiger partial charge on any atom is 0.272 e. The van der Waals surface area contributed by atoms with E-state index in [0.717, 1.165) is 0 Å². The van der Waals surface area contributed by atoms with Crippen LogP contribution in [0.4, 0.5) is 11.4 Å². The van der Waals surface area contributed by atoms with Gasteiger partial charge in [0.05, 0.1) is 9.85 Å². The number of aryl methyl sites for hydroxylation is 2. The number of benzene rings is 2. The Hall–Kier alpha value is -3.16. The van der Waals surface area contributed by atoms with Crippen molar-refractivity contribution >= 4 is 11.4 Å². The summed E-state index contributed by atoms with van der Waals surface area (Å²) < 4.78 is 0. The maximum atomic E-state index is 10.3. The number of nitrogens with zero attached hydrogens (tertiary/aromatic N) is 2. The van der Waals surface area contributed by atoms with Crippen molar-refractivity contribution in [1.82, 2.24) is 0 Å². The van der Waals surface area contributed by atoms with E-state index < -0.39 is 9.85 Å². The van der Waals surface area contributed by atoms with Gasteiger partial charge in [0, 0.05) is 23.3 Å². The molecule has 0 radical (unpaired) electrons. The van der Waals surface area contributed by atoms with E-state index in [2.05, 4.69) is 0 Å². The van der Waals surface area contributed by atoms with Crippen LogP contribution < -0.4 is 0 Å². The van der Waals surface area contributed by atoms with Crippen LogP contribution in [0.3, 0.4) is 0 Å². The summed E-state index contributed by atoms with van der Waals surface area (Å²) in [5, 5.41) is 38.3. The van der Waals surface area contributed by atoms with Crippen molar-refractivity contribution in [2.45, 2.75) is 13.8 Å². The Morgan fingerprint density at radius 1 is 0.773 bits per heavy atom. The summed E-state index contributed by atoms with van der Waals surface area (Å²) in [7, 11) is 0. The van der Waals surface area contributed by atoms with Gasteiger partial charge in [-0.25, -0.2) is 0 Å². The van der Waals surface area contributed by atoms with Gasteiger partial charge in [0.25, 0.3) is 11.4 Å². The number of phenols is 2. The number of nitro benzene ring substituents is 2. The number of rotatable bonds is 2. The van der Waals surface area contributed by atoms with Gasteiger partial charge in [-0.05, 0) is 38.1 Å². The third kappa shape index (κ3) is 4.44. The Morgan fingerprint density at radius 2 is 1.09 bits per heavy atom. The topological polar surface area (TPSA) is 127 Å². The molecule has 2 N–H and O–H groups in total. The average Bonchev–Trinajstić information content (AvgIpc) is 2.38. The first kappa shape index (κ1) is 16.9. The highest BCUT2D eigenvalue weighted by Gasteiger charge is 2.09. The summed E-state index contributed by atoms with van der Waals surface area (Å²) in [6.07, 6.45) is 0.